The molecular formula is C14H27N3O. The summed E-state index contributed by atoms with van der Waals surface area (Å²) in [5.74, 6) is 0.539. The average molecular weight is 253 g/mol. The van der Waals surface area contributed by atoms with Gasteiger partial charge in [0.1, 0.15) is 0 Å². The summed E-state index contributed by atoms with van der Waals surface area (Å²) in [6.45, 7) is 4.27. The highest BCUT2D eigenvalue weighted by molar-refractivity contribution is 5.78. The number of likely N-dealkylation sites (tertiary alicyclic amines) is 1. The van der Waals surface area contributed by atoms with Crippen molar-refractivity contribution in [2.24, 2.45) is 5.92 Å². The van der Waals surface area contributed by atoms with Crippen molar-refractivity contribution < 1.29 is 4.79 Å². The van der Waals surface area contributed by atoms with Crippen molar-refractivity contribution in [2.75, 3.05) is 33.2 Å². The standard InChI is InChI=1S/C14H27N3O/c1-15-13-6-4-12(5-7-13)14(18)16-8-11-17-9-2-3-10-17/h12-13,15H,2-11H2,1H3,(H,16,18). The zero-order valence-electron chi connectivity index (χ0n) is 11.6. The molecule has 1 heterocycles. The first kappa shape index (κ1) is 13.8. The first-order chi connectivity index (χ1) is 8.79. The van der Waals surface area contributed by atoms with Crippen LogP contribution < -0.4 is 10.6 Å². The Morgan fingerprint density at radius 3 is 2.44 bits per heavy atom. The Kier molecular flexibility index (Phi) is 5.45. The molecule has 0 aromatic rings. The van der Waals surface area contributed by atoms with Gasteiger partial charge in [-0.15, -0.1) is 0 Å². The average Bonchev–Trinajstić information content (AvgIpc) is 2.92. The largest absolute Gasteiger partial charge is 0.355 e. The second kappa shape index (κ2) is 7.10. The molecule has 1 saturated heterocycles. The normalized spacial score (nSPS) is 29.4. The summed E-state index contributed by atoms with van der Waals surface area (Å²) in [6, 6.07) is 0.624. The number of hydrogen-bond donors (Lipinski definition) is 2. The van der Waals surface area contributed by atoms with Crippen molar-refractivity contribution in [3.63, 3.8) is 0 Å². The number of amides is 1. The minimum atomic E-state index is 0.258. The lowest BCUT2D eigenvalue weighted by molar-refractivity contribution is -0.126. The molecule has 0 spiro atoms. The smallest absolute Gasteiger partial charge is 0.223 e. The summed E-state index contributed by atoms with van der Waals surface area (Å²) >= 11 is 0. The van der Waals surface area contributed by atoms with E-state index in [0.717, 1.165) is 38.8 Å². The number of carbonyl (C=O) groups is 1. The quantitative estimate of drug-likeness (QED) is 0.767. The van der Waals surface area contributed by atoms with Crippen LogP contribution in [-0.2, 0) is 4.79 Å². The van der Waals surface area contributed by atoms with Crippen LogP contribution in [0.4, 0.5) is 0 Å². The first-order valence-electron chi connectivity index (χ1n) is 7.47. The van der Waals surface area contributed by atoms with Gasteiger partial charge < -0.3 is 15.5 Å². The predicted molar refractivity (Wildman–Crippen MR) is 73.5 cm³/mol. The molecule has 4 heteroatoms. The van der Waals surface area contributed by atoms with E-state index >= 15 is 0 Å². The first-order valence-corrected chi connectivity index (χ1v) is 7.47. The predicted octanol–water partition coefficient (Wildman–Crippen LogP) is 0.977. The Morgan fingerprint density at radius 1 is 1.17 bits per heavy atom. The highest BCUT2D eigenvalue weighted by Crippen LogP contribution is 2.24. The van der Waals surface area contributed by atoms with Crippen molar-refractivity contribution in [2.45, 2.75) is 44.6 Å². The van der Waals surface area contributed by atoms with E-state index in [-0.39, 0.29) is 11.8 Å². The molecule has 0 unspecified atom stereocenters. The van der Waals surface area contributed by atoms with Gasteiger partial charge in [-0.1, -0.05) is 0 Å². The molecular weight excluding hydrogens is 226 g/mol. The molecule has 1 aliphatic heterocycles. The summed E-state index contributed by atoms with van der Waals surface area (Å²) in [7, 11) is 2.01. The van der Waals surface area contributed by atoms with E-state index in [2.05, 4.69) is 15.5 Å². The molecule has 0 aromatic carbocycles. The summed E-state index contributed by atoms with van der Waals surface area (Å²) in [4.78, 5) is 14.5. The van der Waals surface area contributed by atoms with Gasteiger partial charge in [0.2, 0.25) is 5.91 Å². The molecule has 2 N–H and O–H groups in total. The number of hydrogen-bond acceptors (Lipinski definition) is 3. The third-order valence-corrected chi connectivity index (χ3v) is 4.43. The third-order valence-electron chi connectivity index (χ3n) is 4.43. The van der Waals surface area contributed by atoms with Crippen LogP contribution in [0.1, 0.15) is 38.5 Å². The minimum Gasteiger partial charge on any atom is -0.355 e. The molecule has 0 radical (unpaired) electrons. The van der Waals surface area contributed by atoms with Crippen molar-refractivity contribution in [3.05, 3.63) is 0 Å². The van der Waals surface area contributed by atoms with E-state index in [0.29, 0.717) is 6.04 Å². The molecule has 2 rings (SSSR count). The topological polar surface area (TPSA) is 44.4 Å². The van der Waals surface area contributed by atoms with E-state index in [4.69, 9.17) is 0 Å². The van der Waals surface area contributed by atoms with Crippen molar-refractivity contribution in [3.8, 4) is 0 Å². The second-order valence-corrected chi connectivity index (χ2v) is 5.68. The molecule has 2 aliphatic rings. The second-order valence-electron chi connectivity index (χ2n) is 5.68. The molecule has 1 amide bonds. The van der Waals surface area contributed by atoms with Crippen molar-refractivity contribution in [1.29, 1.82) is 0 Å². The fourth-order valence-electron chi connectivity index (χ4n) is 3.13. The van der Waals surface area contributed by atoms with Crippen LogP contribution in [0.2, 0.25) is 0 Å². The fourth-order valence-corrected chi connectivity index (χ4v) is 3.13. The third kappa shape index (κ3) is 3.95. The molecule has 0 aromatic heterocycles. The van der Waals surface area contributed by atoms with E-state index in [1.807, 2.05) is 7.05 Å². The van der Waals surface area contributed by atoms with Gasteiger partial charge >= 0.3 is 0 Å². The Morgan fingerprint density at radius 2 is 1.83 bits per heavy atom. The SMILES string of the molecule is CNC1CCC(C(=O)NCCN2CCCC2)CC1. The van der Waals surface area contributed by atoms with E-state index < -0.39 is 0 Å². The summed E-state index contributed by atoms with van der Waals surface area (Å²) in [6.07, 6.45) is 7.01. The Labute approximate surface area is 110 Å². The van der Waals surface area contributed by atoms with Crippen LogP contribution in [0.25, 0.3) is 0 Å². The van der Waals surface area contributed by atoms with Gasteiger partial charge in [0.25, 0.3) is 0 Å². The lowest BCUT2D eigenvalue weighted by Crippen LogP contribution is -2.40. The molecule has 104 valence electrons. The Balaban J connectivity index is 1.59. The molecule has 4 nitrogen and oxygen atoms in total. The van der Waals surface area contributed by atoms with Gasteiger partial charge in [-0.05, 0) is 58.7 Å². The Bertz CT molecular complexity index is 256. The number of nitrogens with one attached hydrogen (secondary N) is 2. The summed E-state index contributed by atoms with van der Waals surface area (Å²) in [5.41, 5.74) is 0. The molecule has 0 atom stereocenters. The molecule has 18 heavy (non-hydrogen) atoms. The van der Waals surface area contributed by atoms with Gasteiger partial charge in [-0.25, -0.2) is 0 Å². The maximum absolute atomic E-state index is 12.0. The summed E-state index contributed by atoms with van der Waals surface area (Å²) in [5, 5.41) is 6.42. The maximum Gasteiger partial charge on any atom is 0.223 e. The van der Waals surface area contributed by atoms with Gasteiger partial charge in [0, 0.05) is 25.0 Å². The highest BCUT2D eigenvalue weighted by atomic mass is 16.1. The van der Waals surface area contributed by atoms with Crippen molar-refractivity contribution in [1.82, 2.24) is 15.5 Å². The number of nitrogens with zero attached hydrogens (tertiary/aromatic N) is 1. The van der Waals surface area contributed by atoms with Crippen molar-refractivity contribution >= 4 is 5.91 Å². The van der Waals surface area contributed by atoms with Gasteiger partial charge in [0.05, 0.1) is 0 Å². The lowest BCUT2D eigenvalue weighted by Gasteiger charge is -2.27. The number of carbonyl (C=O) groups excluding carboxylic acids is 1. The fraction of sp³-hybridized carbons (Fsp3) is 0.929. The van der Waals surface area contributed by atoms with Crippen LogP contribution in [0.3, 0.4) is 0 Å². The monoisotopic (exact) mass is 253 g/mol. The minimum absolute atomic E-state index is 0.258. The summed E-state index contributed by atoms with van der Waals surface area (Å²) < 4.78 is 0. The van der Waals surface area contributed by atoms with Gasteiger partial charge in [-0.3, -0.25) is 4.79 Å². The van der Waals surface area contributed by atoms with Gasteiger partial charge in [-0.2, -0.15) is 0 Å². The zero-order chi connectivity index (χ0) is 12.8. The highest BCUT2D eigenvalue weighted by Gasteiger charge is 2.25. The molecule has 0 bridgehead atoms. The Hall–Kier alpha value is -0.610. The van der Waals surface area contributed by atoms with Crippen LogP contribution in [-0.4, -0.2) is 50.1 Å². The zero-order valence-corrected chi connectivity index (χ0v) is 11.6. The molecule has 1 aliphatic carbocycles. The van der Waals surface area contributed by atoms with E-state index in [9.17, 15) is 4.79 Å². The number of rotatable bonds is 5. The van der Waals surface area contributed by atoms with E-state index in [1.165, 1.54) is 25.9 Å². The van der Waals surface area contributed by atoms with E-state index in [1.54, 1.807) is 0 Å². The van der Waals surface area contributed by atoms with Crippen LogP contribution in [0, 0.1) is 5.92 Å². The molecule has 1 saturated carbocycles. The maximum atomic E-state index is 12.0. The van der Waals surface area contributed by atoms with Gasteiger partial charge in [0.15, 0.2) is 0 Å². The van der Waals surface area contributed by atoms with Crippen LogP contribution in [0.5, 0.6) is 0 Å². The van der Waals surface area contributed by atoms with Crippen LogP contribution >= 0.6 is 0 Å². The molecule has 2 fully saturated rings. The lowest BCUT2D eigenvalue weighted by atomic mass is 9.85. The van der Waals surface area contributed by atoms with Crippen LogP contribution in [0.15, 0.2) is 0 Å².